The molecule has 6 heteroatoms. The minimum atomic E-state index is -0.313. The number of rotatable bonds is 4. The number of methoxy groups -OCH3 is 2. The van der Waals surface area contributed by atoms with Crippen LogP contribution in [0.25, 0.3) is 0 Å². The lowest BCUT2D eigenvalue weighted by atomic mass is 10.1. The van der Waals surface area contributed by atoms with Gasteiger partial charge < -0.3 is 14.4 Å². The van der Waals surface area contributed by atoms with Crippen LogP contribution in [0.3, 0.4) is 0 Å². The highest BCUT2D eigenvalue weighted by Crippen LogP contribution is 2.31. The van der Waals surface area contributed by atoms with Gasteiger partial charge in [-0.3, -0.25) is 9.59 Å². The van der Waals surface area contributed by atoms with Crippen LogP contribution in [0.2, 0.25) is 0 Å². The van der Waals surface area contributed by atoms with E-state index >= 15 is 0 Å². The zero-order valence-corrected chi connectivity index (χ0v) is 12.2. The van der Waals surface area contributed by atoms with Crippen molar-refractivity contribution >= 4 is 23.0 Å². The molecule has 0 radical (unpaired) electrons. The molecule has 1 amide bonds. The maximum atomic E-state index is 11.6. The first-order chi connectivity index (χ1) is 8.97. The smallest absolute Gasteiger partial charge is 0.309 e. The molecule has 1 aromatic rings. The summed E-state index contributed by atoms with van der Waals surface area (Å²) >= 11 is 1.08. The Labute approximate surface area is 116 Å². The van der Waals surface area contributed by atoms with E-state index in [0.29, 0.717) is 5.75 Å². The van der Waals surface area contributed by atoms with E-state index in [1.54, 1.807) is 32.3 Å². The van der Waals surface area contributed by atoms with Crippen LogP contribution in [0.15, 0.2) is 23.1 Å². The lowest BCUT2D eigenvalue weighted by Crippen LogP contribution is -2.16. The lowest BCUT2D eigenvalue weighted by molar-refractivity contribution is -0.139. The highest BCUT2D eigenvalue weighted by molar-refractivity contribution is 8.13. The molecule has 19 heavy (non-hydrogen) atoms. The summed E-state index contributed by atoms with van der Waals surface area (Å²) in [5, 5.41) is -0.0842. The number of carbonyl (C=O) groups excluding carboxylic acids is 2. The van der Waals surface area contributed by atoms with Gasteiger partial charge in [-0.15, -0.1) is 0 Å². The van der Waals surface area contributed by atoms with Crippen molar-refractivity contribution in [3.63, 3.8) is 0 Å². The number of benzene rings is 1. The molecular formula is C13H17NO4S. The second kappa shape index (κ2) is 7.04. The molecule has 0 aliphatic rings. The Hall–Kier alpha value is -1.69. The second-order valence-electron chi connectivity index (χ2n) is 4.00. The van der Waals surface area contributed by atoms with E-state index in [2.05, 4.69) is 4.74 Å². The van der Waals surface area contributed by atoms with Gasteiger partial charge in [-0.1, -0.05) is 6.07 Å². The van der Waals surface area contributed by atoms with E-state index in [1.807, 2.05) is 0 Å². The number of hydrogen-bond acceptors (Lipinski definition) is 5. The monoisotopic (exact) mass is 283 g/mol. The maximum absolute atomic E-state index is 11.6. The van der Waals surface area contributed by atoms with Crippen molar-refractivity contribution in [3.8, 4) is 5.75 Å². The highest BCUT2D eigenvalue weighted by atomic mass is 32.2. The van der Waals surface area contributed by atoms with Gasteiger partial charge in [0, 0.05) is 14.1 Å². The molecule has 0 aromatic heterocycles. The third-order valence-electron chi connectivity index (χ3n) is 2.37. The highest BCUT2D eigenvalue weighted by Gasteiger charge is 2.13. The van der Waals surface area contributed by atoms with Gasteiger partial charge in [-0.05, 0) is 29.5 Å². The number of carbonyl (C=O) groups is 2. The normalized spacial score (nSPS) is 9.89. The Balaban J connectivity index is 2.90. The molecule has 0 saturated heterocycles. The predicted molar refractivity (Wildman–Crippen MR) is 73.7 cm³/mol. The quantitative estimate of drug-likeness (QED) is 0.626. The predicted octanol–water partition coefficient (Wildman–Crippen LogP) is 2.18. The third kappa shape index (κ3) is 4.48. The molecule has 0 aliphatic heterocycles. The van der Waals surface area contributed by atoms with Gasteiger partial charge in [0.05, 0.1) is 25.5 Å². The first-order valence-electron chi connectivity index (χ1n) is 5.60. The van der Waals surface area contributed by atoms with E-state index < -0.39 is 0 Å². The summed E-state index contributed by atoms with van der Waals surface area (Å²) in [6, 6.07) is 5.29. The van der Waals surface area contributed by atoms with Crippen LogP contribution >= 0.6 is 11.8 Å². The first kappa shape index (κ1) is 15.4. The van der Waals surface area contributed by atoms with Gasteiger partial charge >= 0.3 is 5.97 Å². The number of esters is 1. The number of amides is 1. The Bertz CT molecular complexity index is 474. The summed E-state index contributed by atoms with van der Waals surface area (Å²) in [5.74, 6) is 0.258. The Kier molecular flexibility index (Phi) is 5.69. The molecule has 0 aliphatic carbocycles. The topological polar surface area (TPSA) is 55.8 Å². The van der Waals surface area contributed by atoms with Crippen molar-refractivity contribution in [2.45, 2.75) is 11.3 Å². The zero-order chi connectivity index (χ0) is 14.4. The van der Waals surface area contributed by atoms with E-state index in [0.717, 1.165) is 22.2 Å². The summed E-state index contributed by atoms with van der Waals surface area (Å²) in [5.41, 5.74) is 0.783. The van der Waals surface area contributed by atoms with Gasteiger partial charge in [0.15, 0.2) is 0 Å². The summed E-state index contributed by atoms with van der Waals surface area (Å²) in [6.07, 6.45) is 0.180. The minimum Gasteiger partial charge on any atom is -0.496 e. The van der Waals surface area contributed by atoms with Crippen molar-refractivity contribution in [3.05, 3.63) is 23.8 Å². The maximum Gasteiger partial charge on any atom is 0.309 e. The molecular weight excluding hydrogens is 266 g/mol. The van der Waals surface area contributed by atoms with Crippen LogP contribution in [-0.2, 0) is 16.0 Å². The van der Waals surface area contributed by atoms with Crippen molar-refractivity contribution in [1.82, 2.24) is 4.90 Å². The number of thioether (sulfide) groups is 1. The molecule has 104 valence electrons. The van der Waals surface area contributed by atoms with Gasteiger partial charge in [0.1, 0.15) is 5.75 Å². The van der Waals surface area contributed by atoms with E-state index in [9.17, 15) is 9.59 Å². The standard InChI is InChI=1S/C13H17NO4S/c1-14(2)13(16)19-11-6-5-9(7-10(11)17-3)8-12(15)18-4/h5-7H,8H2,1-4H3. The van der Waals surface area contributed by atoms with E-state index in [4.69, 9.17) is 4.74 Å². The molecule has 0 spiro atoms. The largest absolute Gasteiger partial charge is 0.496 e. The fourth-order valence-electron chi connectivity index (χ4n) is 1.33. The van der Waals surface area contributed by atoms with Gasteiger partial charge in [-0.25, -0.2) is 0 Å². The first-order valence-corrected chi connectivity index (χ1v) is 6.42. The number of ether oxygens (including phenoxy) is 2. The third-order valence-corrected chi connectivity index (χ3v) is 3.46. The van der Waals surface area contributed by atoms with E-state index in [1.165, 1.54) is 19.1 Å². The Morgan fingerprint density at radius 3 is 2.47 bits per heavy atom. The average molecular weight is 283 g/mol. The summed E-state index contributed by atoms with van der Waals surface area (Å²) in [7, 11) is 6.25. The van der Waals surface area contributed by atoms with Crippen molar-refractivity contribution in [2.24, 2.45) is 0 Å². The Morgan fingerprint density at radius 1 is 1.26 bits per heavy atom. The van der Waals surface area contributed by atoms with Crippen LogP contribution in [0, 0.1) is 0 Å². The fraction of sp³-hybridized carbons (Fsp3) is 0.385. The lowest BCUT2D eigenvalue weighted by Gasteiger charge is -2.12. The van der Waals surface area contributed by atoms with Gasteiger partial charge in [-0.2, -0.15) is 0 Å². The van der Waals surface area contributed by atoms with Crippen LogP contribution < -0.4 is 4.74 Å². The molecule has 0 bridgehead atoms. The van der Waals surface area contributed by atoms with Crippen LogP contribution in [0.4, 0.5) is 4.79 Å². The minimum absolute atomic E-state index is 0.0842. The van der Waals surface area contributed by atoms with E-state index in [-0.39, 0.29) is 17.6 Å². The molecule has 1 rings (SSSR count). The summed E-state index contributed by atoms with van der Waals surface area (Å²) in [4.78, 5) is 25.1. The summed E-state index contributed by atoms with van der Waals surface area (Å²) < 4.78 is 9.85. The molecule has 0 fully saturated rings. The number of hydrogen-bond donors (Lipinski definition) is 0. The molecule has 0 unspecified atom stereocenters. The van der Waals surface area contributed by atoms with Crippen molar-refractivity contribution in [1.29, 1.82) is 0 Å². The van der Waals surface area contributed by atoms with Crippen molar-refractivity contribution < 1.29 is 19.1 Å². The van der Waals surface area contributed by atoms with Crippen LogP contribution in [0.1, 0.15) is 5.56 Å². The molecule has 0 saturated carbocycles. The average Bonchev–Trinajstić information content (AvgIpc) is 2.39. The molecule has 0 atom stereocenters. The summed E-state index contributed by atoms with van der Waals surface area (Å²) in [6.45, 7) is 0. The van der Waals surface area contributed by atoms with Crippen LogP contribution in [0.5, 0.6) is 5.75 Å². The zero-order valence-electron chi connectivity index (χ0n) is 11.4. The fourth-order valence-corrected chi connectivity index (χ4v) is 2.08. The molecule has 0 N–H and O–H groups in total. The number of nitrogens with zero attached hydrogens (tertiary/aromatic N) is 1. The van der Waals surface area contributed by atoms with Crippen LogP contribution in [-0.4, -0.2) is 44.4 Å². The molecule has 1 aromatic carbocycles. The second-order valence-corrected chi connectivity index (χ2v) is 4.99. The molecule has 5 nitrogen and oxygen atoms in total. The SMILES string of the molecule is COC(=O)Cc1ccc(SC(=O)N(C)C)c(OC)c1. The van der Waals surface area contributed by atoms with Gasteiger partial charge in [0.2, 0.25) is 0 Å². The van der Waals surface area contributed by atoms with Gasteiger partial charge in [0.25, 0.3) is 5.24 Å². The Morgan fingerprint density at radius 2 is 1.95 bits per heavy atom. The van der Waals surface area contributed by atoms with Crippen molar-refractivity contribution in [2.75, 3.05) is 28.3 Å². The molecule has 0 heterocycles.